The van der Waals surface area contributed by atoms with Gasteiger partial charge < -0.3 is 20.0 Å². The Balaban J connectivity index is 2.60. The zero-order valence-corrected chi connectivity index (χ0v) is 14.7. The molecule has 26 heavy (non-hydrogen) atoms. The summed E-state index contributed by atoms with van der Waals surface area (Å²) in [5.41, 5.74) is 5.20. The van der Waals surface area contributed by atoms with Gasteiger partial charge in [0.05, 0.1) is 12.8 Å². The summed E-state index contributed by atoms with van der Waals surface area (Å²) >= 11 is 0. The smallest absolute Gasteiger partial charge is 0.338 e. The molecule has 0 aliphatic rings. The molecule has 1 heterocycles. The van der Waals surface area contributed by atoms with Crippen molar-refractivity contribution in [2.45, 2.75) is 32.2 Å². The van der Waals surface area contributed by atoms with Gasteiger partial charge in [-0.25, -0.2) is 9.59 Å². The number of carboxylic acid groups (broad SMARTS) is 1. The molecule has 1 aromatic heterocycles. The molecule has 0 saturated heterocycles. The molecule has 0 unspecified atom stereocenters. The van der Waals surface area contributed by atoms with Crippen LogP contribution in [0.1, 0.15) is 26.2 Å². The van der Waals surface area contributed by atoms with Crippen molar-refractivity contribution in [3.8, 4) is 5.75 Å². The van der Waals surface area contributed by atoms with Crippen molar-refractivity contribution < 1.29 is 23.8 Å². The molecule has 0 fully saturated rings. The Morgan fingerprint density at radius 2 is 2.04 bits per heavy atom. The van der Waals surface area contributed by atoms with E-state index in [1.165, 1.54) is 20.1 Å². The highest BCUT2D eigenvalue weighted by atomic mass is 16.5. The molecule has 8 heteroatoms. The molecule has 0 aliphatic heterocycles. The zero-order valence-electron chi connectivity index (χ0n) is 14.7. The lowest BCUT2D eigenvalue weighted by Gasteiger charge is -2.28. The Bertz CT molecular complexity index is 860. The number of rotatable bonds is 8. The number of carbonyl (C=O) groups is 2. The van der Waals surface area contributed by atoms with Crippen molar-refractivity contribution in [1.82, 2.24) is 0 Å². The van der Waals surface area contributed by atoms with E-state index in [-0.39, 0.29) is 17.7 Å². The molecule has 1 atom stereocenters. The van der Waals surface area contributed by atoms with Crippen molar-refractivity contribution in [1.29, 1.82) is 0 Å². The van der Waals surface area contributed by atoms with Crippen LogP contribution in [0.2, 0.25) is 0 Å². The summed E-state index contributed by atoms with van der Waals surface area (Å²) in [6.45, 7) is 1.70. The molecule has 0 bridgehead atoms. The number of unbranched alkanes of at least 4 members (excludes halogenated alkanes) is 1. The number of carboxylic acids is 1. The van der Waals surface area contributed by atoms with Crippen LogP contribution >= 0.6 is 0 Å². The van der Waals surface area contributed by atoms with E-state index in [1.54, 1.807) is 12.1 Å². The van der Waals surface area contributed by atoms with Crippen LogP contribution < -0.4 is 21.0 Å². The summed E-state index contributed by atoms with van der Waals surface area (Å²) in [5, 5.41) is 10.1. The summed E-state index contributed by atoms with van der Waals surface area (Å²) in [6, 6.07) is 4.82. The number of carbonyl (C=O) groups excluding carboxylic acids is 1. The zero-order chi connectivity index (χ0) is 19.3. The minimum atomic E-state index is -1.15. The highest BCUT2D eigenvalue weighted by Crippen LogP contribution is 2.30. The Hall–Kier alpha value is -2.87. The molecule has 0 aliphatic carbocycles. The third-order valence-electron chi connectivity index (χ3n) is 4.06. The highest BCUT2D eigenvalue weighted by molar-refractivity contribution is 6.04. The monoisotopic (exact) mass is 362 g/mol. The molecule has 0 radical (unpaired) electrons. The van der Waals surface area contributed by atoms with E-state index in [9.17, 15) is 19.5 Å². The van der Waals surface area contributed by atoms with E-state index in [2.05, 4.69) is 0 Å². The summed E-state index contributed by atoms with van der Waals surface area (Å²) in [4.78, 5) is 37.2. The van der Waals surface area contributed by atoms with Gasteiger partial charge in [0, 0.05) is 24.4 Å². The molecular weight excluding hydrogens is 340 g/mol. The number of aliphatic carboxylic acids is 1. The van der Waals surface area contributed by atoms with E-state index in [1.807, 2.05) is 0 Å². The van der Waals surface area contributed by atoms with Crippen LogP contribution in [0.5, 0.6) is 5.75 Å². The number of nitrogens with zero attached hydrogens (tertiary/aromatic N) is 1. The van der Waals surface area contributed by atoms with Gasteiger partial charge in [0.1, 0.15) is 17.4 Å². The number of ether oxygens (including phenoxy) is 1. The van der Waals surface area contributed by atoms with Crippen molar-refractivity contribution in [2.75, 3.05) is 18.6 Å². The van der Waals surface area contributed by atoms with Gasteiger partial charge in [0.15, 0.2) is 0 Å². The predicted molar refractivity (Wildman–Crippen MR) is 96.5 cm³/mol. The van der Waals surface area contributed by atoms with Crippen LogP contribution in [0.15, 0.2) is 33.5 Å². The van der Waals surface area contributed by atoms with E-state index in [0.29, 0.717) is 30.5 Å². The van der Waals surface area contributed by atoms with E-state index in [4.69, 9.17) is 14.9 Å². The number of benzene rings is 1. The fourth-order valence-corrected chi connectivity index (χ4v) is 2.85. The van der Waals surface area contributed by atoms with Crippen LogP contribution in [0.25, 0.3) is 11.0 Å². The summed E-state index contributed by atoms with van der Waals surface area (Å²) in [7, 11) is 1.48. The summed E-state index contributed by atoms with van der Waals surface area (Å²) in [5.74, 6) is -1.15. The largest absolute Gasteiger partial charge is 0.497 e. The first-order valence-electron chi connectivity index (χ1n) is 8.23. The Morgan fingerprint density at radius 3 is 2.62 bits per heavy atom. The number of amides is 1. The fraction of sp³-hybridized carbons (Fsp3) is 0.389. The normalized spacial score (nSPS) is 12.0. The average Bonchev–Trinajstić information content (AvgIpc) is 2.59. The quantitative estimate of drug-likeness (QED) is 0.541. The molecule has 140 valence electrons. The van der Waals surface area contributed by atoms with Crippen LogP contribution in [0.3, 0.4) is 0 Å². The lowest BCUT2D eigenvalue weighted by atomic mass is 10.1. The van der Waals surface area contributed by atoms with Gasteiger partial charge in [-0.1, -0.05) is 0 Å². The van der Waals surface area contributed by atoms with Crippen LogP contribution in [0, 0.1) is 0 Å². The number of hydrogen-bond donors (Lipinski definition) is 2. The van der Waals surface area contributed by atoms with Crippen molar-refractivity contribution in [3.05, 3.63) is 34.7 Å². The third kappa shape index (κ3) is 4.20. The standard InChI is InChI=1S/C18H22N2O6/c1-11(21)20(14(18(23)24)5-3-4-8-19)15-10-17(22)26-16-9-12(25-2)6-7-13(15)16/h6-7,9-10,14H,3-5,8,19H2,1-2H3,(H,23,24)/t14-/m0/s1. The maximum Gasteiger partial charge on any atom is 0.338 e. The average molecular weight is 362 g/mol. The number of hydrogen-bond acceptors (Lipinski definition) is 6. The van der Waals surface area contributed by atoms with Gasteiger partial charge in [0.2, 0.25) is 5.91 Å². The van der Waals surface area contributed by atoms with Gasteiger partial charge in [-0.05, 0) is 37.9 Å². The first kappa shape index (κ1) is 19.5. The van der Waals surface area contributed by atoms with Crippen LogP contribution in [-0.2, 0) is 9.59 Å². The molecule has 8 nitrogen and oxygen atoms in total. The maximum absolute atomic E-state index is 12.3. The number of fused-ring (bicyclic) bond motifs is 1. The molecule has 0 spiro atoms. The van der Waals surface area contributed by atoms with E-state index >= 15 is 0 Å². The van der Waals surface area contributed by atoms with Gasteiger partial charge in [-0.15, -0.1) is 0 Å². The van der Waals surface area contributed by atoms with Gasteiger partial charge >= 0.3 is 11.6 Å². The van der Waals surface area contributed by atoms with Crippen molar-refractivity contribution in [3.63, 3.8) is 0 Å². The summed E-state index contributed by atoms with van der Waals surface area (Å²) < 4.78 is 10.3. The lowest BCUT2D eigenvalue weighted by Crippen LogP contribution is -2.44. The van der Waals surface area contributed by atoms with Crippen molar-refractivity contribution >= 4 is 28.5 Å². The molecule has 3 N–H and O–H groups in total. The minimum absolute atomic E-state index is 0.201. The maximum atomic E-state index is 12.3. The van der Waals surface area contributed by atoms with Gasteiger partial charge in [-0.2, -0.15) is 0 Å². The van der Waals surface area contributed by atoms with E-state index in [0.717, 1.165) is 11.0 Å². The second-order valence-corrected chi connectivity index (χ2v) is 5.84. The molecular formula is C18H22N2O6. The Morgan fingerprint density at radius 1 is 1.31 bits per heavy atom. The first-order valence-corrected chi connectivity index (χ1v) is 8.23. The summed E-state index contributed by atoms with van der Waals surface area (Å²) in [6.07, 6.45) is 1.42. The van der Waals surface area contributed by atoms with E-state index < -0.39 is 23.5 Å². The molecule has 2 rings (SSSR count). The minimum Gasteiger partial charge on any atom is -0.497 e. The topological polar surface area (TPSA) is 123 Å². The molecule has 1 amide bonds. The molecule has 2 aromatic rings. The molecule has 1 aromatic carbocycles. The Labute approximate surface area is 150 Å². The number of anilines is 1. The number of methoxy groups -OCH3 is 1. The number of nitrogens with two attached hydrogens (primary N) is 1. The fourth-order valence-electron chi connectivity index (χ4n) is 2.85. The Kier molecular flexibility index (Phi) is 6.35. The van der Waals surface area contributed by atoms with Crippen LogP contribution in [0.4, 0.5) is 5.69 Å². The van der Waals surface area contributed by atoms with Gasteiger partial charge in [-0.3, -0.25) is 9.69 Å². The highest BCUT2D eigenvalue weighted by Gasteiger charge is 2.30. The second-order valence-electron chi connectivity index (χ2n) is 5.84. The van der Waals surface area contributed by atoms with Gasteiger partial charge in [0.25, 0.3) is 0 Å². The SMILES string of the molecule is COc1ccc2c(N(C(C)=O)[C@@H](CCCCN)C(=O)O)cc(=O)oc2c1. The first-order chi connectivity index (χ1) is 12.4. The molecule has 0 saturated carbocycles. The second kappa shape index (κ2) is 8.48. The third-order valence-corrected chi connectivity index (χ3v) is 4.06. The lowest BCUT2D eigenvalue weighted by molar-refractivity contribution is -0.140. The van der Waals surface area contributed by atoms with Crippen LogP contribution in [-0.4, -0.2) is 36.7 Å². The van der Waals surface area contributed by atoms with Crippen molar-refractivity contribution in [2.24, 2.45) is 5.73 Å². The predicted octanol–water partition coefficient (Wildman–Crippen LogP) is 1.74.